The molecule has 1 N–H and O–H groups in total. The molecule has 2 aromatic rings. The monoisotopic (exact) mass is 382 g/mol. The zero-order chi connectivity index (χ0) is 19.6. The van der Waals surface area contributed by atoms with Gasteiger partial charge >= 0.3 is 0 Å². The number of hydrogen-bond acceptors (Lipinski definition) is 4. The predicted octanol–water partition coefficient (Wildman–Crippen LogP) is 4.10. The van der Waals surface area contributed by atoms with E-state index in [2.05, 4.69) is 22.3 Å². The largest absolute Gasteiger partial charge is 0.487 e. The van der Waals surface area contributed by atoms with E-state index in [1.54, 1.807) is 6.26 Å². The lowest BCUT2D eigenvalue weighted by Crippen LogP contribution is -2.50. The van der Waals surface area contributed by atoms with Crippen LogP contribution in [0.25, 0.3) is 0 Å². The summed E-state index contributed by atoms with van der Waals surface area (Å²) in [6.07, 6.45) is 5.12. The first kappa shape index (κ1) is 19.1. The van der Waals surface area contributed by atoms with Gasteiger partial charge in [-0.15, -0.1) is 0 Å². The smallest absolute Gasteiger partial charge is 0.220 e. The molecule has 1 spiro atoms. The van der Waals surface area contributed by atoms with Crippen LogP contribution >= 0.6 is 0 Å². The number of carbonyl (C=O) groups excluding carboxylic acids is 1. The molecule has 0 aliphatic carbocycles. The average molecular weight is 383 g/mol. The number of nitrogens with zero attached hydrogens (tertiary/aromatic N) is 1. The second kappa shape index (κ2) is 8.00. The number of para-hydroxylation sites is 1. The van der Waals surface area contributed by atoms with Gasteiger partial charge in [0.25, 0.3) is 0 Å². The molecule has 1 aromatic heterocycles. The summed E-state index contributed by atoms with van der Waals surface area (Å²) in [7, 11) is 0. The highest BCUT2D eigenvalue weighted by molar-refractivity contribution is 5.77. The fourth-order valence-corrected chi connectivity index (χ4v) is 4.58. The van der Waals surface area contributed by atoms with E-state index < -0.39 is 0 Å². The van der Waals surface area contributed by atoms with Crippen LogP contribution in [0, 0.1) is 0 Å². The summed E-state index contributed by atoms with van der Waals surface area (Å²) in [5.41, 5.74) is 1.00. The minimum atomic E-state index is -0.170. The number of carbonyl (C=O) groups is 1. The molecule has 0 radical (unpaired) electrons. The molecule has 0 saturated carbocycles. The zero-order valence-electron chi connectivity index (χ0n) is 16.8. The van der Waals surface area contributed by atoms with Gasteiger partial charge in [-0.05, 0) is 56.9 Å². The first-order chi connectivity index (χ1) is 13.5. The van der Waals surface area contributed by atoms with E-state index in [4.69, 9.17) is 9.15 Å². The molecule has 2 aliphatic rings. The molecular formula is C23H30N2O3. The summed E-state index contributed by atoms with van der Waals surface area (Å²) in [5, 5.41) is 3.05. The Morgan fingerprint density at radius 2 is 2.00 bits per heavy atom. The van der Waals surface area contributed by atoms with Gasteiger partial charge in [-0.3, -0.25) is 9.69 Å². The lowest BCUT2D eigenvalue weighted by Gasteiger charge is -2.46. The van der Waals surface area contributed by atoms with Gasteiger partial charge in [-0.2, -0.15) is 0 Å². The van der Waals surface area contributed by atoms with E-state index in [9.17, 15) is 4.79 Å². The Kier molecular flexibility index (Phi) is 5.44. The number of hydrogen-bond donors (Lipinski definition) is 1. The van der Waals surface area contributed by atoms with Crippen molar-refractivity contribution in [3.05, 3.63) is 54.0 Å². The molecule has 1 aromatic carbocycles. The Labute approximate surface area is 167 Å². The van der Waals surface area contributed by atoms with Crippen LogP contribution in [-0.2, 0) is 11.3 Å². The molecule has 4 rings (SSSR count). The number of ether oxygens (including phenoxy) is 1. The third-order valence-corrected chi connectivity index (χ3v) is 5.91. The van der Waals surface area contributed by atoms with Crippen molar-refractivity contribution >= 4 is 5.91 Å². The molecule has 2 aliphatic heterocycles. The molecule has 1 fully saturated rings. The number of rotatable bonds is 5. The van der Waals surface area contributed by atoms with Crippen molar-refractivity contribution in [2.45, 2.75) is 63.6 Å². The van der Waals surface area contributed by atoms with Crippen molar-refractivity contribution in [2.75, 3.05) is 13.1 Å². The average Bonchev–Trinajstić information content (AvgIpc) is 3.16. The van der Waals surface area contributed by atoms with E-state index >= 15 is 0 Å². The highest BCUT2D eigenvalue weighted by atomic mass is 16.5. The number of furan rings is 1. The van der Waals surface area contributed by atoms with Crippen LogP contribution in [0.15, 0.2) is 47.1 Å². The molecule has 0 bridgehead atoms. The number of piperidine rings is 1. The third kappa shape index (κ3) is 4.25. The van der Waals surface area contributed by atoms with E-state index in [0.717, 1.165) is 50.4 Å². The molecule has 3 heterocycles. The summed E-state index contributed by atoms with van der Waals surface area (Å²) in [6, 6.07) is 12.4. The molecule has 5 nitrogen and oxygen atoms in total. The minimum absolute atomic E-state index is 0.127. The molecule has 1 amide bonds. The number of nitrogens with one attached hydrogen (secondary N) is 1. The molecule has 1 saturated heterocycles. The number of likely N-dealkylation sites (tertiary alicyclic amines) is 1. The zero-order valence-corrected chi connectivity index (χ0v) is 16.8. The first-order valence-corrected chi connectivity index (χ1v) is 10.3. The van der Waals surface area contributed by atoms with Gasteiger partial charge in [-0.25, -0.2) is 0 Å². The maximum Gasteiger partial charge on any atom is 0.220 e. The fourth-order valence-electron chi connectivity index (χ4n) is 4.58. The van der Waals surface area contributed by atoms with Crippen molar-refractivity contribution in [2.24, 2.45) is 0 Å². The Balaban J connectivity index is 1.46. The van der Waals surface area contributed by atoms with Crippen LogP contribution in [-0.4, -0.2) is 35.5 Å². The van der Waals surface area contributed by atoms with Gasteiger partial charge in [0, 0.05) is 31.5 Å². The minimum Gasteiger partial charge on any atom is -0.487 e. The second-order valence-electron chi connectivity index (χ2n) is 8.51. The topological polar surface area (TPSA) is 54.7 Å². The normalized spacial score (nSPS) is 21.3. The maximum atomic E-state index is 12.5. The Morgan fingerprint density at radius 1 is 1.21 bits per heavy atom. The third-order valence-electron chi connectivity index (χ3n) is 5.91. The highest BCUT2D eigenvalue weighted by Crippen LogP contribution is 2.46. The van der Waals surface area contributed by atoms with Crippen LogP contribution in [0.5, 0.6) is 5.75 Å². The predicted molar refractivity (Wildman–Crippen MR) is 108 cm³/mol. The SMILES string of the molecule is CC(C)NC(=O)CC1CC2(CCN(Cc3ccco3)CC2)Oc2ccccc21. The molecule has 1 unspecified atom stereocenters. The Bertz CT molecular complexity index is 792. The second-order valence-corrected chi connectivity index (χ2v) is 8.51. The van der Waals surface area contributed by atoms with Crippen molar-refractivity contribution in [3.8, 4) is 5.75 Å². The fraction of sp³-hybridized carbons (Fsp3) is 0.522. The molecular weight excluding hydrogens is 352 g/mol. The number of fused-ring (bicyclic) bond motifs is 1. The van der Waals surface area contributed by atoms with Crippen LogP contribution in [0.3, 0.4) is 0 Å². The summed E-state index contributed by atoms with van der Waals surface area (Å²) >= 11 is 0. The van der Waals surface area contributed by atoms with Crippen molar-refractivity contribution < 1.29 is 13.9 Å². The summed E-state index contributed by atoms with van der Waals surface area (Å²) < 4.78 is 12.0. The van der Waals surface area contributed by atoms with Gasteiger partial charge in [0.1, 0.15) is 17.1 Å². The first-order valence-electron chi connectivity index (χ1n) is 10.3. The van der Waals surface area contributed by atoms with Crippen LogP contribution in [0.1, 0.15) is 56.8 Å². The van der Waals surface area contributed by atoms with Crippen molar-refractivity contribution in [1.82, 2.24) is 10.2 Å². The van der Waals surface area contributed by atoms with E-state index in [0.29, 0.717) is 6.42 Å². The Hall–Kier alpha value is -2.27. The van der Waals surface area contributed by atoms with Crippen molar-refractivity contribution in [1.29, 1.82) is 0 Å². The maximum absolute atomic E-state index is 12.5. The summed E-state index contributed by atoms with van der Waals surface area (Å²) in [4.78, 5) is 14.9. The molecule has 28 heavy (non-hydrogen) atoms. The van der Waals surface area contributed by atoms with Gasteiger partial charge in [-0.1, -0.05) is 18.2 Å². The van der Waals surface area contributed by atoms with E-state index in [-0.39, 0.29) is 23.5 Å². The van der Waals surface area contributed by atoms with Crippen LogP contribution in [0.2, 0.25) is 0 Å². The van der Waals surface area contributed by atoms with Crippen LogP contribution < -0.4 is 10.1 Å². The van der Waals surface area contributed by atoms with E-state index in [1.807, 2.05) is 38.1 Å². The van der Waals surface area contributed by atoms with Gasteiger partial charge in [0.05, 0.1) is 12.8 Å². The van der Waals surface area contributed by atoms with Gasteiger partial charge in [0.2, 0.25) is 5.91 Å². The molecule has 150 valence electrons. The van der Waals surface area contributed by atoms with Crippen molar-refractivity contribution in [3.63, 3.8) is 0 Å². The lowest BCUT2D eigenvalue weighted by molar-refractivity contribution is -0.122. The highest BCUT2D eigenvalue weighted by Gasteiger charge is 2.43. The quantitative estimate of drug-likeness (QED) is 0.846. The number of amides is 1. The standard InChI is InChI=1S/C23H30N2O3/c1-17(2)24-22(26)14-18-15-23(28-21-8-4-3-7-20(18)21)9-11-25(12-10-23)16-19-6-5-13-27-19/h3-8,13,17-18H,9-12,14-16H2,1-2H3,(H,24,26). The molecule has 1 atom stereocenters. The summed E-state index contributed by atoms with van der Waals surface area (Å²) in [6.45, 7) is 6.82. The van der Waals surface area contributed by atoms with Gasteiger partial charge in [0.15, 0.2) is 0 Å². The van der Waals surface area contributed by atoms with Gasteiger partial charge < -0.3 is 14.5 Å². The number of benzene rings is 1. The van der Waals surface area contributed by atoms with E-state index in [1.165, 1.54) is 5.56 Å². The molecule has 5 heteroatoms. The Morgan fingerprint density at radius 3 is 2.71 bits per heavy atom. The lowest BCUT2D eigenvalue weighted by atomic mass is 9.76. The van der Waals surface area contributed by atoms with Crippen LogP contribution in [0.4, 0.5) is 0 Å². The summed E-state index contributed by atoms with van der Waals surface area (Å²) in [5.74, 6) is 2.30.